The molecule has 1 atom stereocenters. The average molecular weight is 258 g/mol. The van der Waals surface area contributed by atoms with Gasteiger partial charge in [-0.15, -0.1) is 0 Å². The smallest absolute Gasteiger partial charge is 0.303 e. The number of carbonyl (C=O) groups is 2. The molecule has 1 amide bonds. The van der Waals surface area contributed by atoms with Gasteiger partial charge in [0, 0.05) is 18.9 Å². The summed E-state index contributed by atoms with van der Waals surface area (Å²) < 4.78 is 0. The summed E-state index contributed by atoms with van der Waals surface area (Å²) in [6, 6.07) is 1.42. The van der Waals surface area contributed by atoms with Gasteiger partial charge in [-0.1, -0.05) is 18.5 Å². The molecule has 0 bridgehead atoms. The molecule has 0 aliphatic carbocycles. The van der Waals surface area contributed by atoms with Crippen molar-refractivity contribution in [1.29, 1.82) is 0 Å². The Labute approximate surface area is 103 Å². The van der Waals surface area contributed by atoms with Gasteiger partial charge in [-0.2, -0.15) is 0 Å². The van der Waals surface area contributed by atoms with E-state index in [1.165, 1.54) is 12.4 Å². The number of aromatic nitrogens is 2. The number of amides is 1. The topological polar surface area (TPSA) is 92.2 Å². The highest BCUT2D eigenvalue weighted by Crippen LogP contribution is 2.12. The third kappa shape index (κ3) is 5.26. The Morgan fingerprint density at radius 1 is 1.47 bits per heavy atom. The maximum absolute atomic E-state index is 11.5. The van der Waals surface area contributed by atoms with E-state index in [9.17, 15) is 9.59 Å². The molecule has 1 heterocycles. The normalized spacial score (nSPS) is 11.9. The summed E-state index contributed by atoms with van der Waals surface area (Å²) in [5, 5.41) is 11.3. The SMILES string of the molecule is CC(CC(=O)O)CC(=O)Nc1cc(Cl)ncn1. The van der Waals surface area contributed by atoms with E-state index in [0.29, 0.717) is 5.82 Å². The van der Waals surface area contributed by atoms with Crippen LogP contribution in [0.15, 0.2) is 12.4 Å². The standard InChI is InChI=1S/C10H12ClN3O3/c1-6(3-10(16)17)2-9(15)14-8-4-7(11)12-5-13-8/h4-6H,2-3H2,1H3,(H,16,17)(H,12,13,14,15). The van der Waals surface area contributed by atoms with E-state index in [1.807, 2.05) is 0 Å². The minimum atomic E-state index is -0.921. The summed E-state index contributed by atoms with van der Waals surface area (Å²) in [6.45, 7) is 1.70. The summed E-state index contributed by atoms with van der Waals surface area (Å²) in [4.78, 5) is 29.4. The molecule has 0 aliphatic heterocycles. The highest BCUT2D eigenvalue weighted by atomic mass is 35.5. The van der Waals surface area contributed by atoms with Gasteiger partial charge < -0.3 is 10.4 Å². The van der Waals surface area contributed by atoms with Crippen LogP contribution in [-0.4, -0.2) is 27.0 Å². The Kier molecular flexibility index (Phi) is 4.84. The number of hydrogen-bond acceptors (Lipinski definition) is 4. The fourth-order valence-corrected chi connectivity index (χ4v) is 1.43. The van der Waals surface area contributed by atoms with Crippen molar-refractivity contribution >= 4 is 29.3 Å². The van der Waals surface area contributed by atoms with Gasteiger partial charge in [-0.3, -0.25) is 9.59 Å². The molecule has 6 nitrogen and oxygen atoms in total. The average Bonchev–Trinajstić information content (AvgIpc) is 2.14. The van der Waals surface area contributed by atoms with Crippen molar-refractivity contribution in [2.24, 2.45) is 5.92 Å². The van der Waals surface area contributed by atoms with Crippen LogP contribution in [0.5, 0.6) is 0 Å². The Morgan fingerprint density at radius 2 is 2.18 bits per heavy atom. The zero-order chi connectivity index (χ0) is 12.8. The summed E-state index contributed by atoms with van der Waals surface area (Å²) in [5.74, 6) is -1.15. The first-order valence-corrected chi connectivity index (χ1v) is 5.34. The Bertz CT molecular complexity index is 425. The Hall–Kier alpha value is -1.69. The van der Waals surface area contributed by atoms with Gasteiger partial charge in [0.05, 0.1) is 0 Å². The van der Waals surface area contributed by atoms with Crippen molar-refractivity contribution in [3.05, 3.63) is 17.5 Å². The van der Waals surface area contributed by atoms with Gasteiger partial charge in [-0.05, 0) is 5.92 Å². The van der Waals surface area contributed by atoms with Crippen LogP contribution in [0, 0.1) is 5.92 Å². The number of halogens is 1. The number of aliphatic carboxylic acids is 1. The molecule has 0 saturated carbocycles. The lowest BCUT2D eigenvalue weighted by Gasteiger charge is -2.08. The number of rotatable bonds is 5. The maximum Gasteiger partial charge on any atom is 0.303 e. The first-order valence-electron chi connectivity index (χ1n) is 4.96. The first-order chi connectivity index (χ1) is 7.97. The van der Waals surface area contributed by atoms with Crippen LogP contribution in [0.25, 0.3) is 0 Å². The van der Waals surface area contributed by atoms with Crippen LogP contribution >= 0.6 is 11.6 Å². The van der Waals surface area contributed by atoms with E-state index in [1.54, 1.807) is 6.92 Å². The largest absolute Gasteiger partial charge is 0.481 e. The van der Waals surface area contributed by atoms with Gasteiger partial charge in [0.25, 0.3) is 0 Å². The van der Waals surface area contributed by atoms with Crippen LogP contribution in [0.4, 0.5) is 5.82 Å². The van der Waals surface area contributed by atoms with E-state index in [0.717, 1.165) is 0 Å². The van der Waals surface area contributed by atoms with Crippen LogP contribution in [0.1, 0.15) is 19.8 Å². The van der Waals surface area contributed by atoms with Crippen molar-refractivity contribution in [3.8, 4) is 0 Å². The summed E-state index contributed by atoms with van der Waals surface area (Å²) in [6.07, 6.45) is 1.31. The van der Waals surface area contributed by atoms with Gasteiger partial charge in [0.2, 0.25) is 5.91 Å². The van der Waals surface area contributed by atoms with Crippen molar-refractivity contribution in [2.45, 2.75) is 19.8 Å². The molecule has 1 aromatic rings. The number of anilines is 1. The molecular formula is C10H12ClN3O3. The molecule has 0 aliphatic rings. The quantitative estimate of drug-likeness (QED) is 0.781. The zero-order valence-corrected chi connectivity index (χ0v) is 9.94. The Balaban J connectivity index is 2.47. The molecule has 1 unspecified atom stereocenters. The summed E-state index contributed by atoms with van der Waals surface area (Å²) in [7, 11) is 0. The van der Waals surface area contributed by atoms with Crippen LogP contribution in [-0.2, 0) is 9.59 Å². The highest BCUT2D eigenvalue weighted by Gasteiger charge is 2.13. The van der Waals surface area contributed by atoms with Gasteiger partial charge in [-0.25, -0.2) is 9.97 Å². The van der Waals surface area contributed by atoms with E-state index in [2.05, 4.69) is 15.3 Å². The minimum Gasteiger partial charge on any atom is -0.481 e. The number of carboxylic acid groups (broad SMARTS) is 1. The van der Waals surface area contributed by atoms with E-state index >= 15 is 0 Å². The third-order valence-electron chi connectivity index (χ3n) is 1.96. The van der Waals surface area contributed by atoms with Crippen LogP contribution < -0.4 is 5.32 Å². The van der Waals surface area contributed by atoms with Crippen molar-refractivity contribution in [2.75, 3.05) is 5.32 Å². The number of nitrogens with one attached hydrogen (secondary N) is 1. The molecule has 7 heteroatoms. The predicted molar refractivity (Wildman–Crippen MR) is 61.7 cm³/mol. The number of carbonyl (C=O) groups excluding carboxylic acids is 1. The minimum absolute atomic E-state index is 0.0437. The zero-order valence-electron chi connectivity index (χ0n) is 9.18. The van der Waals surface area contributed by atoms with Crippen LogP contribution in [0.2, 0.25) is 5.15 Å². The fourth-order valence-electron chi connectivity index (χ4n) is 1.28. The lowest BCUT2D eigenvalue weighted by atomic mass is 10.0. The molecule has 0 spiro atoms. The monoisotopic (exact) mass is 257 g/mol. The summed E-state index contributed by atoms with van der Waals surface area (Å²) >= 11 is 5.62. The number of hydrogen-bond donors (Lipinski definition) is 2. The van der Waals surface area contributed by atoms with Gasteiger partial charge in [0.15, 0.2) is 0 Å². The van der Waals surface area contributed by atoms with Crippen molar-refractivity contribution in [1.82, 2.24) is 9.97 Å². The molecule has 0 aromatic carbocycles. The molecule has 0 fully saturated rings. The molecule has 1 aromatic heterocycles. The maximum atomic E-state index is 11.5. The second kappa shape index (κ2) is 6.15. The second-order valence-corrected chi connectivity index (χ2v) is 4.07. The predicted octanol–water partition coefficient (Wildman–Crippen LogP) is 1.57. The van der Waals surface area contributed by atoms with Crippen molar-refractivity contribution < 1.29 is 14.7 Å². The fraction of sp³-hybridized carbons (Fsp3) is 0.400. The first kappa shape index (κ1) is 13.4. The van der Waals surface area contributed by atoms with Crippen LogP contribution in [0.3, 0.4) is 0 Å². The molecule has 1 rings (SSSR count). The van der Waals surface area contributed by atoms with Gasteiger partial charge in [0.1, 0.15) is 17.3 Å². The summed E-state index contributed by atoms with van der Waals surface area (Å²) in [5.41, 5.74) is 0. The molecule has 0 saturated heterocycles. The lowest BCUT2D eigenvalue weighted by molar-refractivity contribution is -0.138. The molecule has 92 valence electrons. The Morgan fingerprint density at radius 3 is 2.76 bits per heavy atom. The highest BCUT2D eigenvalue weighted by molar-refractivity contribution is 6.29. The second-order valence-electron chi connectivity index (χ2n) is 3.68. The van der Waals surface area contributed by atoms with E-state index < -0.39 is 5.97 Å². The van der Waals surface area contributed by atoms with Gasteiger partial charge >= 0.3 is 5.97 Å². The molecule has 0 radical (unpaired) electrons. The van der Waals surface area contributed by atoms with E-state index in [4.69, 9.17) is 16.7 Å². The molecule has 2 N–H and O–H groups in total. The lowest BCUT2D eigenvalue weighted by Crippen LogP contribution is -2.17. The molecular weight excluding hydrogens is 246 g/mol. The van der Waals surface area contributed by atoms with E-state index in [-0.39, 0.29) is 29.8 Å². The number of carboxylic acids is 1. The third-order valence-corrected chi connectivity index (χ3v) is 2.16. The number of nitrogens with zero attached hydrogens (tertiary/aromatic N) is 2. The molecule has 17 heavy (non-hydrogen) atoms. The van der Waals surface area contributed by atoms with Crippen molar-refractivity contribution in [3.63, 3.8) is 0 Å².